The Morgan fingerprint density at radius 2 is 1.52 bits per heavy atom. The van der Waals surface area contributed by atoms with Crippen LogP contribution in [0.15, 0.2) is 79.4 Å². The minimum absolute atomic E-state index is 0.168. The lowest BCUT2D eigenvalue weighted by Gasteiger charge is -2.12. The second-order valence-electron chi connectivity index (χ2n) is 5.24. The van der Waals surface area contributed by atoms with Gasteiger partial charge in [0.1, 0.15) is 30.5 Å². The van der Waals surface area contributed by atoms with Gasteiger partial charge in [0.15, 0.2) is 0 Å². The van der Waals surface area contributed by atoms with Crippen molar-refractivity contribution in [2.75, 3.05) is 13.2 Å². The molecule has 3 aromatic rings. The molecule has 0 unspecified atom stereocenters. The maximum absolute atomic E-state index is 11.0. The summed E-state index contributed by atoms with van der Waals surface area (Å²) in [6.07, 6.45) is 1.13. The molecule has 0 fully saturated rings. The molecule has 0 spiro atoms. The average molecular weight is 334 g/mol. The van der Waals surface area contributed by atoms with Crippen molar-refractivity contribution in [3.05, 3.63) is 79.4 Å². The Bertz CT molecular complexity index is 871. The number of rotatable bonds is 7. The maximum Gasteiger partial charge on any atom is 0.330 e. The molecular weight excluding hydrogens is 316 g/mol. The third-order valence-corrected chi connectivity index (χ3v) is 3.56. The summed E-state index contributed by atoms with van der Waals surface area (Å²) in [6, 6.07) is 21.2. The molecule has 0 radical (unpaired) electrons. The summed E-state index contributed by atoms with van der Waals surface area (Å²) in [5, 5.41) is 1.89. The summed E-state index contributed by atoms with van der Waals surface area (Å²) >= 11 is 0. The normalized spacial score (nSPS) is 10.2. The van der Waals surface area contributed by atoms with Gasteiger partial charge in [-0.1, -0.05) is 49.0 Å². The van der Waals surface area contributed by atoms with E-state index in [1.165, 1.54) is 0 Å². The fourth-order valence-electron chi connectivity index (χ4n) is 2.44. The Labute approximate surface area is 146 Å². The van der Waals surface area contributed by atoms with Gasteiger partial charge in [-0.3, -0.25) is 0 Å². The van der Waals surface area contributed by atoms with E-state index in [0.717, 1.165) is 28.3 Å². The third-order valence-electron chi connectivity index (χ3n) is 3.56. The number of hydrogen-bond donors (Lipinski definition) is 0. The highest BCUT2D eigenvalue weighted by Gasteiger charge is 2.08. The van der Waals surface area contributed by atoms with Crippen LogP contribution in [-0.2, 0) is 9.53 Å². The van der Waals surface area contributed by atoms with Gasteiger partial charge in [0.05, 0.1) is 0 Å². The van der Waals surface area contributed by atoms with Crippen molar-refractivity contribution < 1.29 is 19.0 Å². The lowest BCUT2D eigenvalue weighted by Crippen LogP contribution is -2.10. The van der Waals surface area contributed by atoms with Crippen molar-refractivity contribution in [2.45, 2.75) is 0 Å². The lowest BCUT2D eigenvalue weighted by molar-refractivity contribution is -0.138. The van der Waals surface area contributed by atoms with E-state index >= 15 is 0 Å². The predicted molar refractivity (Wildman–Crippen MR) is 97.1 cm³/mol. The van der Waals surface area contributed by atoms with Crippen molar-refractivity contribution in [3.63, 3.8) is 0 Å². The van der Waals surface area contributed by atoms with Crippen molar-refractivity contribution in [2.24, 2.45) is 0 Å². The quantitative estimate of drug-likeness (QED) is 0.356. The van der Waals surface area contributed by atoms with Crippen molar-refractivity contribution >= 4 is 16.7 Å². The molecule has 0 heterocycles. The van der Waals surface area contributed by atoms with E-state index < -0.39 is 5.97 Å². The van der Waals surface area contributed by atoms with Gasteiger partial charge < -0.3 is 14.2 Å². The highest BCUT2D eigenvalue weighted by Crippen LogP contribution is 2.34. The second-order valence-corrected chi connectivity index (χ2v) is 5.24. The third kappa shape index (κ3) is 4.18. The summed E-state index contributed by atoms with van der Waals surface area (Å²) in [5.74, 6) is 1.79. The number of para-hydroxylation sites is 1. The zero-order valence-corrected chi connectivity index (χ0v) is 13.7. The summed E-state index contributed by atoms with van der Waals surface area (Å²) < 4.78 is 16.7. The molecule has 3 rings (SSSR count). The zero-order chi connectivity index (χ0) is 17.5. The molecule has 0 aliphatic rings. The minimum atomic E-state index is -0.458. The van der Waals surface area contributed by atoms with E-state index in [-0.39, 0.29) is 13.2 Å². The molecule has 0 aliphatic carbocycles. The standard InChI is InChI=1S/C21H18O4/c1-2-21(22)24-15-14-23-19-12-6-11-18-17(19)10-7-13-20(18)25-16-8-4-3-5-9-16/h2-13H,1,14-15H2. The van der Waals surface area contributed by atoms with Gasteiger partial charge in [0.2, 0.25) is 0 Å². The van der Waals surface area contributed by atoms with E-state index in [0.29, 0.717) is 5.75 Å². The number of esters is 1. The van der Waals surface area contributed by atoms with Crippen LogP contribution in [-0.4, -0.2) is 19.2 Å². The Kier molecular flexibility index (Phi) is 5.32. The molecule has 0 bridgehead atoms. The fraction of sp³-hybridized carbons (Fsp3) is 0.0952. The Balaban J connectivity index is 1.78. The summed E-state index contributed by atoms with van der Waals surface area (Å²) in [6.45, 7) is 3.79. The smallest absolute Gasteiger partial charge is 0.330 e. The number of carbonyl (C=O) groups is 1. The van der Waals surface area contributed by atoms with Crippen LogP contribution in [0, 0.1) is 0 Å². The van der Waals surface area contributed by atoms with Crippen LogP contribution in [0.5, 0.6) is 17.2 Å². The lowest BCUT2D eigenvalue weighted by atomic mass is 10.1. The van der Waals surface area contributed by atoms with Crippen molar-refractivity contribution in [1.29, 1.82) is 0 Å². The first-order valence-electron chi connectivity index (χ1n) is 7.94. The molecule has 0 N–H and O–H groups in total. The van der Waals surface area contributed by atoms with E-state index in [2.05, 4.69) is 6.58 Å². The van der Waals surface area contributed by atoms with Crippen LogP contribution < -0.4 is 9.47 Å². The van der Waals surface area contributed by atoms with E-state index in [1.54, 1.807) is 0 Å². The highest BCUT2D eigenvalue weighted by molar-refractivity contribution is 5.93. The van der Waals surface area contributed by atoms with Gasteiger partial charge in [0, 0.05) is 16.8 Å². The summed E-state index contributed by atoms with van der Waals surface area (Å²) in [7, 11) is 0. The van der Waals surface area contributed by atoms with E-state index in [4.69, 9.17) is 14.2 Å². The van der Waals surface area contributed by atoms with Crippen molar-refractivity contribution in [1.82, 2.24) is 0 Å². The maximum atomic E-state index is 11.0. The number of ether oxygens (including phenoxy) is 3. The van der Waals surface area contributed by atoms with Crippen LogP contribution >= 0.6 is 0 Å². The van der Waals surface area contributed by atoms with Gasteiger partial charge in [-0.25, -0.2) is 4.79 Å². The SMILES string of the molecule is C=CC(=O)OCCOc1cccc2c(Oc3ccccc3)cccc12. The van der Waals surface area contributed by atoms with Crippen LogP contribution in [0.25, 0.3) is 10.8 Å². The number of carbonyl (C=O) groups excluding carboxylic acids is 1. The van der Waals surface area contributed by atoms with Crippen LogP contribution in [0.1, 0.15) is 0 Å². The van der Waals surface area contributed by atoms with Gasteiger partial charge in [-0.15, -0.1) is 0 Å². The number of hydrogen-bond acceptors (Lipinski definition) is 4. The molecule has 0 saturated heterocycles. The van der Waals surface area contributed by atoms with Crippen LogP contribution in [0.4, 0.5) is 0 Å². The largest absolute Gasteiger partial charge is 0.489 e. The molecule has 25 heavy (non-hydrogen) atoms. The predicted octanol–water partition coefficient (Wildman–Crippen LogP) is 4.74. The van der Waals surface area contributed by atoms with Crippen LogP contribution in [0.2, 0.25) is 0 Å². The zero-order valence-electron chi connectivity index (χ0n) is 13.7. The molecular formula is C21H18O4. The Morgan fingerprint density at radius 3 is 2.24 bits per heavy atom. The van der Waals surface area contributed by atoms with E-state index in [9.17, 15) is 4.79 Å². The minimum Gasteiger partial charge on any atom is -0.489 e. The van der Waals surface area contributed by atoms with Gasteiger partial charge in [-0.05, 0) is 24.3 Å². The first-order valence-corrected chi connectivity index (χ1v) is 7.94. The highest BCUT2D eigenvalue weighted by atomic mass is 16.6. The molecule has 4 nitrogen and oxygen atoms in total. The first-order chi connectivity index (χ1) is 12.3. The number of benzene rings is 3. The van der Waals surface area contributed by atoms with Gasteiger partial charge >= 0.3 is 5.97 Å². The molecule has 0 aliphatic heterocycles. The fourth-order valence-corrected chi connectivity index (χ4v) is 2.44. The van der Waals surface area contributed by atoms with Crippen LogP contribution in [0.3, 0.4) is 0 Å². The molecule has 0 atom stereocenters. The molecule has 0 aromatic heterocycles. The van der Waals surface area contributed by atoms with Gasteiger partial charge in [0.25, 0.3) is 0 Å². The summed E-state index contributed by atoms with van der Waals surface area (Å²) in [4.78, 5) is 11.0. The molecule has 0 amide bonds. The first kappa shape index (κ1) is 16.6. The Morgan fingerprint density at radius 1 is 0.840 bits per heavy atom. The van der Waals surface area contributed by atoms with Gasteiger partial charge in [-0.2, -0.15) is 0 Å². The topological polar surface area (TPSA) is 44.8 Å². The van der Waals surface area contributed by atoms with Crippen molar-refractivity contribution in [3.8, 4) is 17.2 Å². The average Bonchev–Trinajstić information content (AvgIpc) is 2.66. The molecule has 4 heteroatoms. The summed E-state index contributed by atoms with van der Waals surface area (Å²) in [5.41, 5.74) is 0. The number of fused-ring (bicyclic) bond motifs is 1. The molecule has 126 valence electrons. The molecule has 3 aromatic carbocycles. The second kappa shape index (κ2) is 8.02. The van der Waals surface area contributed by atoms with E-state index in [1.807, 2.05) is 66.7 Å². The molecule has 0 saturated carbocycles. The Hall–Kier alpha value is -3.27. The monoisotopic (exact) mass is 334 g/mol.